The molecule has 118 valence electrons. The Morgan fingerprint density at radius 1 is 1.41 bits per heavy atom. The van der Waals surface area contributed by atoms with Crippen LogP contribution in [0, 0.1) is 15.9 Å². The van der Waals surface area contributed by atoms with Crippen LogP contribution >= 0.6 is 0 Å². The van der Waals surface area contributed by atoms with Gasteiger partial charge in [-0.2, -0.15) is 13.2 Å². The molecule has 0 aliphatic carbocycles. The average molecular weight is 318 g/mol. The Kier molecular flexibility index (Phi) is 4.02. The van der Waals surface area contributed by atoms with Crippen LogP contribution in [0.2, 0.25) is 0 Å². The summed E-state index contributed by atoms with van der Waals surface area (Å²) in [6, 6.07) is 2.26. The molecule has 0 fully saturated rings. The first-order chi connectivity index (χ1) is 10.2. The van der Waals surface area contributed by atoms with Gasteiger partial charge in [0, 0.05) is 13.6 Å². The highest BCUT2D eigenvalue weighted by Gasteiger charge is 2.34. The van der Waals surface area contributed by atoms with Gasteiger partial charge in [-0.15, -0.1) is 0 Å². The van der Waals surface area contributed by atoms with Gasteiger partial charge in [0.25, 0.3) is 0 Å². The Labute approximate surface area is 121 Å². The van der Waals surface area contributed by atoms with Gasteiger partial charge in [0.15, 0.2) is 0 Å². The molecule has 6 nitrogen and oxygen atoms in total. The Morgan fingerprint density at radius 2 is 2.09 bits per heavy atom. The summed E-state index contributed by atoms with van der Waals surface area (Å²) < 4.78 is 52.9. The largest absolute Gasteiger partial charge is 0.416 e. The summed E-state index contributed by atoms with van der Waals surface area (Å²) in [5.41, 5.74) is -1.37. The minimum absolute atomic E-state index is 0.0394. The highest BCUT2D eigenvalue weighted by atomic mass is 19.4. The lowest BCUT2D eigenvalue weighted by molar-refractivity contribution is -0.388. The Balaban J connectivity index is 2.30. The van der Waals surface area contributed by atoms with Crippen molar-refractivity contribution in [2.75, 3.05) is 5.32 Å². The molecule has 10 heteroatoms. The van der Waals surface area contributed by atoms with Gasteiger partial charge in [0.05, 0.1) is 5.56 Å². The molecule has 2 rings (SSSR count). The normalized spacial score (nSPS) is 11.5. The summed E-state index contributed by atoms with van der Waals surface area (Å²) in [6.07, 6.45) is -3.56. The lowest BCUT2D eigenvalue weighted by Gasteiger charge is -2.14. The van der Waals surface area contributed by atoms with Crippen LogP contribution in [0.15, 0.2) is 24.5 Å². The molecule has 0 saturated carbocycles. The molecule has 0 saturated heterocycles. The molecule has 1 N–H and O–H groups in total. The quantitative estimate of drug-likeness (QED) is 0.534. The number of alkyl halides is 3. The molecular formula is C12H10F4N4O2. The average Bonchev–Trinajstić information content (AvgIpc) is 2.77. The van der Waals surface area contributed by atoms with Crippen LogP contribution < -0.4 is 5.32 Å². The molecule has 0 bridgehead atoms. The fraction of sp³-hybridized carbons (Fsp3) is 0.250. The van der Waals surface area contributed by atoms with E-state index in [1.807, 2.05) is 0 Å². The molecule has 0 unspecified atom stereocenters. The minimum atomic E-state index is -4.72. The molecule has 2 aromatic rings. The zero-order valence-electron chi connectivity index (χ0n) is 11.2. The second-order valence-corrected chi connectivity index (χ2v) is 4.44. The van der Waals surface area contributed by atoms with Crippen LogP contribution in [0.1, 0.15) is 11.1 Å². The first-order valence-electron chi connectivity index (χ1n) is 5.95. The fourth-order valence-electron chi connectivity index (χ4n) is 1.90. The predicted molar refractivity (Wildman–Crippen MR) is 68.6 cm³/mol. The summed E-state index contributed by atoms with van der Waals surface area (Å²) in [5.74, 6) is -1.55. The Bertz CT molecular complexity index is 712. The van der Waals surface area contributed by atoms with Gasteiger partial charge in [-0.05, 0) is 27.6 Å². The molecule has 0 radical (unpaired) electrons. The zero-order valence-corrected chi connectivity index (χ0v) is 11.2. The summed E-state index contributed by atoms with van der Waals surface area (Å²) in [6.45, 7) is -0.366. The number of aromatic nitrogens is 2. The van der Waals surface area contributed by atoms with Crippen LogP contribution in [0.3, 0.4) is 0 Å². The Hall–Kier alpha value is -2.65. The number of nitro groups is 1. The van der Waals surface area contributed by atoms with Crippen molar-refractivity contribution in [3.8, 4) is 0 Å². The van der Waals surface area contributed by atoms with E-state index in [-0.39, 0.29) is 17.9 Å². The van der Waals surface area contributed by atoms with Gasteiger partial charge in [0.2, 0.25) is 12.1 Å². The second-order valence-electron chi connectivity index (χ2n) is 4.44. The van der Waals surface area contributed by atoms with E-state index in [1.165, 1.54) is 11.6 Å². The SMILES string of the molecule is Cn1cnc([N+](=O)[O-])c1NCc1ccc(F)cc1C(F)(F)F. The van der Waals surface area contributed by atoms with Gasteiger partial charge >= 0.3 is 12.0 Å². The number of nitrogens with one attached hydrogen (secondary N) is 1. The predicted octanol–water partition coefficient (Wildman–Crippen LogP) is 3.10. The third-order valence-electron chi connectivity index (χ3n) is 2.91. The van der Waals surface area contributed by atoms with E-state index in [9.17, 15) is 27.7 Å². The van der Waals surface area contributed by atoms with Crippen molar-refractivity contribution in [3.63, 3.8) is 0 Å². The summed E-state index contributed by atoms with van der Waals surface area (Å²) in [7, 11) is 1.46. The number of benzene rings is 1. The number of rotatable bonds is 4. The molecule has 0 aliphatic heterocycles. The molecule has 0 aliphatic rings. The van der Waals surface area contributed by atoms with E-state index < -0.39 is 28.3 Å². The van der Waals surface area contributed by atoms with Gasteiger partial charge in [-0.1, -0.05) is 6.07 Å². The van der Waals surface area contributed by atoms with Crippen LogP contribution in [0.25, 0.3) is 0 Å². The molecular weight excluding hydrogens is 308 g/mol. The van der Waals surface area contributed by atoms with E-state index in [4.69, 9.17) is 0 Å². The van der Waals surface area contributed by atoms with Crippen molar-refractivity contribution in [1.29, 1.82) is 0 Å². The number of hydrogen-bond acceptors (Lipinski definition) is 4. The number of halogens is 4. The van der Waals surface area contributed by atoms with Crippen molar-refractivity contribution in [3.05, 3.63) is 51.6 Å². The lowest BCUT2D eigenvalue weighted by Crippen LogP contribution is -2.13. The molecule has 0 spiro atoms. The van der Waals surface area contributed by atoms with Crippen LogP contribution in [-0.4, -0.2) is 14.5 Å². The minimum Gasteiger partial charge on any atom is -0.360 e. The number of imidazole rings is 1. The molecule has 1 aromatic heterocycles. The maximum Gasteiger partial charge on any atom is 0.416 e. The van der Waals surface area contributed by atoms with Crippen LogP contribution in [0.4, 0.5) is 29.2 Å². The Morgan fingerprint density at radius 3 is 2.68 bits per heavy atom. The van der Waals surface area contributed by atoms with Gasteiger partial charge in [-0.25, -0.2) is 4.39 Å². The fourth-order valence-corrected chi connectivity index (χ4v) is 1.90. The molecule has 0 atom stereocenters. The van der Waals surface area contributed by atoms with E-state index >= 15 is 0 Å². The van der Waals surface area contributed by atoms with Crippen LogP contribution in [-0.2, 0) is 19.8 Å². The van der Waals surface area contributed by atoms with Crippen molar-refractivity contribution < 1.29 is 22.5 Å². The standard InChI is InChI=1S/C12H10F4N4O2/c1-19-6-18-11(20(21)22)10(19)17-5-7-2-3-8(13)4-9(7)12(14,15)16/h2-4,6,17H,5H2,1H3. The maximum absolute atomic E-state index is 13.0. The smallest absolute Gasteiger partial charge is 0.360 e. The van der Waals surface area contributed by atoms with Gasteiger partial charge in [0.1, 0.15) is 5.82 Å². The number of nitrogens with zero attached hydrogens (tertiary/aromatic N) is 3. The third kappa shape index (κ3) is 3.15. The number of hydrogen-bond donors (Lipinski definition) is 1. The first kappa shape index (κ1) is 15.7. The summed E-state index contributed by atoms with van der Waals surface area (Å²) in [4.78, 5) is 13.6. The third-order valence-corrected chi connectivity index (χ3v) is 2.91. The summed E-state index contributed by atoms with van der Waals surface area (Å²) in [5, 5.41) is 13.3. The van der Waals surface area contributed by atoms with Crippen molar-refractivity contribution >= 4 is 11.6 Å². The van der Waals surface area contributed by atoms with Crippen molar-refractivity contribution in [2.45, 2.75) is 12.7 Å². The zero-order chi connectivity index (χ0) is 16.5. The highest BCUT2D eigenvalue weighted by Crippen LogP contribution is 2.33. The molecule has 1 aromatic carbocycles. The van der Waals surface area contributed by atoms with Crippen LogP contribution in [0.5, 0.6) is 0 Å². The first-order valence-corrected chi connectivity index (χ1v) is 5.95. The lowest BCUT2D eigenvalue weighted by atomic mass is 10.1. The van der Waals surface area contributed by atoms with Gasteiger partial charge < -0.3 is 15.4 Å². The molecule has 22 heavy (non-hydrogen) atoms. The van der Waals surface area contributed by atoms with Crippen molar-refractivity contribution in [1.82, 2.24) is 9.55 Å². The van der Waals surface area contributed by atoms with E-state index in [1.54, 1.807) is 0 Å². The van der Waals surface area contributed by atoms with Gasteiger partial charge in [-0.3, -0.25) is 4.57 Å². The molecule has 1 heterocycles. The molecule has 0 amide bonds. The number of aryl methyl sites for hydroxylation is 1. The maximum atomic E-state index is 13.0. The second kappa shape index (κ2) is 5.62. The monoisotopic (exact) mass is 318 g/mol. The van der Waals surface area contributed by atoms with E-state index in [2.05, 4.69) is 10.3 Å². The number of anilines is 1. The summed E-state index contributed by atoms with van der Waals surface area (Å²) >= 11 is 0. The van der Waals surface area contributed by atoms with E-state index in [0.29, 0.717) is 6.07 Å². The topological polar surface area (TPSA) is 73.0 Å². The highest BCUT2D eigenvalue weighted by molar-refractivity contribution is 5.52. The van der Waals surface area contributed by atoms with E-state index in [0.717, 1.165) is 18.5 Å². The van der Waals surface area contributed by atoms with Crippen molar-refractivity contribution in [2.24, 2.45) is 7.05 Å².